The third-order valence-corrected chi connectivity index (χ3v) is 6.73. The molecular formula is C24H28F4N4O7S. The van der Waals surface area contributed by atoms with Crippen LogP contribution in [0, 0.1) is 5.82 Å². The fourth-order valence-electron chi connectivity index (χ4n) is 3.58. The number of sulfonamides is 1. The highest BCUT2D eigenvalue weighted by Crippen LogP contribution is 2.30. The highest BCUT2D eigenvalue weighted by Gasteiger charge is 2.38. The number of nitrogens with zero attached hydrogens (tertiary/aromatic N) is 2. The van der Waals surface area contributed by atoms with Gasteiger partial charge in [-0.25, -0.2) is 22.4 Å². The lowest BCUT2D eigenvalue weighted by Crippen LogP contribution is -2.50. The predicted molar refractivity (Wildman–Crippen MR) is 136 cm³/mol. The molecule has 1 aliphatic rings. The molecule has 220 valence electrons. The molecule has 4 N–H and O–H groups in total. The van der Waals surface area contributed by atoms with E-state index < -0.39 is 34.0 Å². The highest BCUT2D eigenvalue weighted by atomic mass is 32.2. The first-order chi connectivity index (χ1) is 18.5. The monoisotopic (exact) mass is 592 g/mol. The molecule has 0 unspecified atom stereocenters. The molecule has 1 aliphatic heterocycles. The molecule has 0 atom stereocenters. The smallest absolute Gasteiger partial charge is 0.478 e. The van der Waals surface area contributed by atoms with Gasteiger partial charge >= 0.3 is 18.1 Å². The van der Waals surface area contributed by atoms with Gasteiger partial charge in [-0.1, -0.05) is 6.07 Å². The number of hydrogen-bond acceptors (Lipinski definition) is 7. The van der Waals surface area contributed by atoms with Crippen molar-refractivity contribution >= 4 is 39.2 Å². The Hall–Kier alpha value is -3.92. The zero-order valence-corrected chi connectivity index (χ0v) is 22.2. The SMILES string of the molecule is CC(C)NC(=O)CN1CCN(c2ccc(C(=O)O)cc2NS(=O)(=O)c2cccc(F)c2)CC1.O=C(O)C(F)(F)F. The molecule has 0 radical (unpaired) electrons. The molecule has 0 aromatic heterocycles. The maximum absolute atomic E-state index is 13.6. The lowest BCUT2D eigenvalue weighted by molar-refractivity contribution is -0.192. The Morgan fingerprint density at radius 1 is 1.00 bits per heavy atom. The summed E-state index contributed by atoms with van der Waals surface area (Å²) in [6.45, 7) is 6.21. The number of halogens is 4. The average molecular weight is 593 g/mol. The van der Waals surface area contributed by atoms with E-state index in [1.54, 1.807) is 6.07 Å². The number of aliphatic carboxylic acids is 1. The molecule has 40 heavy (non-hydrogen) atoms. The van der Waals surface area contributed by atoms with Crippen LogP contribution in [0.5, 0.6) is 0 Å². The van der Waals surface area contributed by atoms with Crippen LogP contribution >= 0.6 is 0 Å². The summed E-state index contributed by atoms with van der Waals surface area (Å²) < 4.78 is 73.4. The molecule has 2 aromatic rings. The molecule has 0 aliphatic carbocycles. The number of carboxylic acids is 2. The number of nitrogens with one attached hydrogen (secondary N) is 2. The van der Waals surface area contributed by atoms with E-state index in [4.69, 9.17) is 9.90 Å². The first-order valence-electron chi connectivity index (χ1n) is 11.7. The number of carbonyl (C=O) groups is 3. The minimum Gasteiger partial charge on any atom is -0.478 e. The second-order valence-corrected chi connectivity index (χ2v) is 10.6. The summed E-state index contributed by atoms with van der Waals surface area (Å²) >= 11 is 0. The zero-order chi connectivity index (χ0) is 30.3. The van der Waals surface area contributed by atoms with Crippen molar-refractivity contribution in [3.63, 3.8) is 0 Å². The molecular weight excluding hydrogens is 564 g/mol. The van der Waals surface area contributed by atoms with Gasteiger partial charge in [-0.05, 0) is 50.2 Å². The van der Waals surface area contributed by atoms with Crippen molar-refractivity contribution in [1.82, 2.24) is 10.2 Å². The number of carboxylic acid groups (broad SMARTS) is 2. The van der Waals surface area contributed by atoms with E-state index in [2.05, 4.69) is 10.0 Å². The van der Waals surface area contributed by atoms with E-state index in [1.165, 1.54) is 24.3 Å². The second kappa shape index (κ2) is 13.4. The Balaban J connectivity index is 0.000000708. The van der Waals surface area contributed by atoms with E-state index in [0.29, 0.717) is 31.9 Å². The average Bonchev–Trinajstić information content (AvgIpc) is 2.83. The standard InChI is InChI=1S/C22H27FN4O5S.C2HF3O2/c1-15(2)24-21(28)14-26-8-10-27(11-9-26)20-7-6-16(22(29)30)12-19(20)25-33(31,32)18-5-3-4-17(23)13-18;3-2(4,5)1(6)7/h3-7,12-13,15,25H,8-11,14H2,1-2H3,(H,24,28)(H,29,30);(H,6,7). The lowest BCUT2D eigenvalue weighted by atomic mass is 10.1. The third-order valence-electron chi connectivity index (χ3n) is 5.37. The number of anilines is 2. The summed E-state index contributed by atoms with van der Waals surface area (Å²) in [7, 11) is -4.15. The number of rotatable bonds is 8. The molecule has 0 spiro atoms. The molecule has 3 rings (SSSR count). The number of amides is 1. The van der Waals surface area contributed by atoms with Crippen molar-refractivity contribution in [2.24, 2.45) is 0 Å². The van der Waals surface area contributed by atoms with Crippen LogP contribution in [0.2, 0.25) is 0 Å². The first-order valence-corrected chi connectivity index (χ1v) is 13.2. The molecule has 1 heterocycles. The van der Waals surface area contributed by atoms with Crippen LogP contribution in [0.1, 0.15) is 24.2 Å². The maximum atomic E-state index is 13.6. The van der Waals surface area contributed by atoms with Gasteiger partial charge in [0.15, 0.2) is 0 Å². The van der Waals surface area contributed by atoms with Gasteiger partial charge in [0.2, 0.25) is 5.91 Å². The van der Waals surface area contributed by atoms with Gasteiger partial charge < -0.3 is 20.4 Å². The molecule has 1 fully saturated rings. The van der Waals surface area contributed by atoms with Crippen LogP contribution in [0.25, 0.3) is 0 Å². The van der Waals surface area contributed by atoms with Crippen molar-refractivity contribution in [2.45, 2.75) is 31.0 Å². The van der Waals surface area contributed by atoms with Crippen molar-refractivity contribution in [1.29, 1.82) is 0 Å². The summed E-state index contributed by atoms with van der Waals surface area (Å²) in [5.41, 5.74) is 0.510. The summed E-state index contributed by atoms with van der Waals surface area (Å²) in [6, 6.07) is 8.83. The van der Waals surface area contributed by atoms with Crippen LogP contribution in [0.3, 0.4) is 0 Å². The van der Waals surface area contributed by atoms with Crippen LogP contribution in [0.4, 0.5) is 28.9 Å². The molecule has 11 nitrogen and oxygen atoms in total. The molecule has 1 amide bonds. The topological polar surface area (TPSA) is 156 Å². The van der Waals surface area contributed by atoms with E-state index in [9.17, 15) is 40.7 Å². The number of alkyl halides is 3. The van der Waals surface area contributed by atoms with E-state index in [0.717, 1.165) is 12.1 Å². The summed E-state index contributed by atoms with van der Waals surface area (Å²) in [6.07, 6.45) is -5.08. The summed E-state index contributed by atoms with van der Waals surface area (Å²) in [4.78, 5) is 36.0. The molecule has 0 bridgehead atoms. The quantitative estimate of drug-likeness (QED) is 0.339. The Morgan fingerprint density at radius 2 is 1.60 bits per heavy atom. The van der Waals surface area contributed by atoms with E-state index in [1.807, 2.05) is 23.6 Å². The van der Waals surface area contributed by atoms with Gasteiger partial charge in [0.1, 0.15) is 5.82 Å². The van der Waals surface area contributed by atoms with Gasteiger partial charge in [-0.3, -0.25) is 14.4 Å². The number of hydrogen-bond donors (Lipinski definition) is 4. The zero-order valence-electron chi connectivity index (χ0n) is 21.4. The van der Waals surface area contributed by atoms with Crippen molar-refractivity contribution in [3.05, 3.63) is 53.8 Å². The van der Waals surface area contributed by atoms with Crippen LogP contribution < -0.4 is 14.9 Å². The van der Waals surface area contributed by atoms with Gasteiger partial charge in [-0.15, -0.1) is 0 Å². The predicted octanol–water partition coefficient (Wildman–Crippen LogP) is 2.60. The van der Waals surface area contributed by atoms with Gasteiger partial charge in [0, 0.05) is 32.2 Å². The first kappa shape index (κ1) is 32.3. The summed E-state index contributed by atoms with van der Waals surface area (Å²) in [5.74, 6) is -4.72. The van der Waals surface area contributed by atoms with Gasteiger partial charge in [0.05, 0.1) is 28.4 Å². The van der Waals surface area contributed by atoms with Crippen molar-refractivity contribution in [3.8, 4) is 0 Å². The number of piperazine rings is 1. The third kappa shape index (κ3) is 9.68. The minimum absolute atomic E-state index is 0.0557. The van der Waals surface area contributed by atoms with Crippen molar-refractivity contribution < 1.29 is 50.6 Å². The highest BCUT2D eigenvalue weighted by molar-refractivity contribution is 7.92. The number of aromatic carboxylic acids is 1. The normalized spacial score (nSPS) is 14.2. The number of carbonyl (C=O) groups excluding carboxylic acids is 1. The maximum Gasteiger partial charge on any atom is 0.490 e. The van der Waals surface area contributed by atoms with Crippen LogP contribution in [0.15, 0.2) is 47.4 Å². The Labute approximate surface area is 227 Å². The van der Waals surface area contributed by atoms with Crippen LogP contribution in [-0.2, 0) is 19.6 Å². The van der Waals surface area contributed by atoms with Gasteiger partial charge in [0.25, 0.3) is 10.0 Å². The lowest BCUT2D eigenvalue weighted by Gasteiger charge is -2.36. The minimum atomic E-state index is -5.08. The molecule has 16 heteroatoms. The molecule has 1 saturated heterocycles. The summed E-state index contributed by atoms with van der Waals surface area (Å²) in [5, 5.41) is 19.3. The fraction of sp³-hybridized carbons (Fsp3) is 0.375. The largest absolute Gasteiger partial charge is 0.490 e. The van der Waals surface area contributed by atoms with Crippen LogP contribution in [-0.4, -0.2) is 86.3 Å². The molecule has 0 saturated carbocycles. The Kier molecular flexibility index (Phi) is 10.8. The van der Waals surface area contributed by atoms with E-state index >= 15 is 0 Å². The fourth-order valence-corrected chi connectivity index (χ4v) is 4.68. The second-order valence-electron chi connectivity index (χ2n) is 8.89. The van der Waals surface area contributed by atoms with Crippen molar-refractivity contribution in [2.75, 3.05) is 42.3 Å². The Bertz CT molecular complexity index is 1330. The van der Waals surface area contributed by atoms with E-state index in [-0.39, 0.29) is 34.6 Å². The Morgan fingerprint density at radius 3 is 2.10 bits per heavy atom. The number of benzene rings is 2. The molecule has 2 aromatic carbocycles. The van der Waals surface area contributed by atoms with Gasteiger partial charge in [-0.2, -0.15) is 13.2 Å².